The zero-order chi connectivity index (χ0) is 20.5. The van der Waals surface area contributed by atoms with Gasteiger partial charge < -0.3 is 19.4 Å². The minimum atomic E-state index is -0.265. The van der Waals surface area contributed by atoms with Gasteiger partial charge in [-0.15, -0.1) is 5.10 Å². The summed E-state index contributed by atoms with van der Waals surface area (Å²) in [5, 5.41) is 13.6. The molecule has 0 bridgehead atoms. The molecule has 1 aromatic carbocycles. The van der Waals surface area contributed by atoms with Crippen LogP contribution in [0.1, 0.15) is 35.8 Å². The number of H-pyrrole nitrogens is 1. The van der Waals surface area contributed by atoms with Gasteiger partial charge in [0, 0.05) is 6.61 Å². The molecule has 2 aromatic heterocycles. The van der Waals surface area contributed by atoms with E-state index in [0.29, 0.717) is 31.1 Å². The lowest BCUT2D eigenvalue weighted by Crippen LogP contribution is -3.14. The molecular formula is C21H27N6O3+. The van der Waals surface area contributed by atoms with E-state index >= 15 is 0 Å². The maximum absolute atomic E-state index is 13.2. The summed E-state index contributed by atoms with van der Waals surface area (Å²) in [6, 6.07) is 7.78. The van der Waals surface area contributed by atoms with E-state index in [2.05, 4.69) is 20.5 Å². The Morgan fingerprint density at radius 3 is 2.97 bits per heavy atom. The highest BCUT2D eigenvalue weighted by Crippen LogP contribution is 2.21. The maximum atomic E-state index is 13.2. The standard InChI is InChI=1S/C21H26N6O3/c1-14-4-2-5-15-12-17(21(28)22-18(14)15)19(26-7-10-29-11-8-26)20-23-24-25-27(20)13-16-6-3-9-30-16/h2,4-5,12,16,19H,3,6-11,13H2,1H3,(H,22,28)/p+1/t16-,19+/m1/s1. The predicted molar refractivity (Wildman–Crippen MR) is 109 cm³/mol. The lowest BCUT2D eigenvalue weighted by molar-refractivity contribution is -0.933. The fourth-order valence-electron chi connectivity index (χ4n) is 4.61. The van der Waals surface area contributed by atoms with E-state index in [1.165, 1.54) is 4.90 Å². The van der Waals surface area contributed by atoms with Crippen molar-refractivity contribution in [3.63, 3.8) is 0 Å². The number of pyridine rings is 1. The summed E-state index contributed by atoms with van der Waals surface area (Å²) in [5.41, 5.74) is 2.52. The van der Waals surface area contributed by atoms with Gasteiger partial charge in [0.1, 0.15) is 13.1 Å². The number of tetrazole rings is 1. The highest BCUT2D eigenvalue weighted by Gasteiger charge is 2.35. The second-order valence-corrected chi connectivity index (χ2v) is 8.15. The summed E-state index contributed by atoms with van der Waals surface area (Å²) in [6.45, 7) is 6.29. The molecule has 0 radical (unpaired) electrons. The van der Waals surface area contributed by atoms with Gasteiger partial charge in [0.15, 0.2) is 6.04 Å². The zero-order valence-electron chi connectivity index (χ0n) is 17.1. The number of nitrogens with one attached hydrogen (secondary N) is 2. The smallest absolute Gasteiger partial charge is 0.258 e. The minimum Gasteiger partial charge on any atom is -0.376 e. The Morgan fingerprint density at radius 2 is 2.17 bits per heavy atom. The molecule has 0 unspecified atom stereocenters. The molecule has 2 aliphatic rings. The zero-order valence-corrected chi connectivity index (χ0v) is 17.1. The third-order valence-electron chi connectivity index (χ3n) is 6.19. The summed E-state index contributed by atoms with van der Waals surface area (Å²) >= 11 is 0. The summed E-state index contributed by atoms with van der Waals surface area (Å²) < 4.78 is 13.2. The number of para-hydroxylation sites is 1. The summed E-state index contributed by atoms with van der Waals surface area (Å²) in [6.07, 6.45) is 2.18. The van der Waals surface area contributed by atoms with Gasteiger partial charge in [0.05, 0.1) is 36.9 Å². The van der Waals surface area contributed by atoms with Crippen LogP contribution in [0.3, 0.4) is 0 Å². The first kappa shape index (κ1) is 19.3. The average Bonchev–Trinajstić information content (AvgIpc) is 3.43. The Labute approximate surface area is 174 Å². The van der Waals surface area contributed by atoms with Crippen LogP contribution in [0.2, 0.25) is 0 Å². The lowest BCUT2D eigenvalue weighted by Gasteiger charge is -2.30. The number of hydrogen-bond acceptors (Lipinski definition) is 6. The van der Waals surface area contributed by atoms with Gasteiger partial charge in [-0.05, 0) is 47.2 Å². The molecule has 2 N–H and O–H groups in total. The SMILES string of the molecule is Cc1cccc2cc([C@@H](c3nnnn3C[C@H]3CCCO3)[NH+]3CCOCC3)c(=O)[nH]c12. The molecule has 0 saturated carbocycles. The van der Waals surface area contributed by atoms with E-state index < -0.39 is 0 Å². The maximum Gasteiger partial charge on any atom is 0.258 e. The number of morpholine rings is 1. The lowest BCUT2D eigenvalue weighted by atomic mass is 10.0. The molecule has 4 heterocycles. The Kier molecular flexibility index (Phi) is 5.32. The quantitative estimate of drug-likeness (QED) is 0.614. The summed E-state index contributed by atoms with van der Waals surface area (Å²) in [5.74, 6) is 0.708. The topological polar surface area (TPSA) is 99.4 Å². The molecule has 9 heteroatoms. The van der Waals surface area contributed by atoms with E-state index in [0.717, 1.165) is 49.0 Å². The van der Waals surface area contributed by atoms with E-state index in [1.54, 1.807) is 0 Å². The van der Waals surface area contributed by atoms with Gasteiger partial charge in [-0.25, -0.2) is 4.68 Å². The monoisotopic (exact) mass is 411 g/mol. The van der Waals surface area contributed by atoms with Crippen LogP contribution in [-0.2, 0) is 16.0 Å². The second kappa shape index (κ2) is 8.25. The number of aromatic amines is 1. The third-order valence-corrected chi connectivity index (χ3v) is 6.19. The van der Waals surface area contributed by atoms with Crippen molar-refractivity contribution < 1.29 is 14.4 Å². The van der Waals surface area contributed by atoms with Gasteiger partial charge in [0.2, 0.25) is 5.82 Å². The molecule has 2 aliphatic heterocycles. The van der Waals surface area contributed by atoms with Crippen LogP contribution in [0.15, 0.2) is 29.1 Å². The van der Waals surface area contributed by atoms with Gasteiger partial charge in [-0.1, -0.05) is 18.2 Å². The van der Waals surface area contributed by atoms with Crippen molar-refractivity contribution in [2.45, 2.75) is 38.5 Å². The Balaban J connectivity index is 1.60. The molecular weight excluding hydrogens is 384 g/mol. The predicted octanol–water partition coefficient (Wildman–Crippen LogP) is 0.00652. The highest BCUT2D eigenvalue weighted by atomic mass is 16.5. The van der Waals surface area contributed by atoms with Crippen molar-refractivity contribution >= 4 is 10.9 Å². The number of nitrogens with zero attached hydrogens (tertiary/aromatic N) is 4. The van der Waals surface area contributed by atoms with Crippen molar-refractivity contribution in [3.8, 4) is 0 Å². The largest absolute Gasteiger partial charge is 0.376 e. The first-order valence-corrected chi connectivity index (χ1v) is 10.6. The Hall–Kier alpha value is -2.62. The van der Waals surface area contributed by atoms with Crippen molar-refractivity contribution in [1.82, 2.24) is 25.2 Å². The molecule has 2 saturated heterocycles. The Morgan fingerprint density at radius 1 is 1.30 bits per heavy atom. The molecule has 30 heavy (non-hydrogen) atoms. The highest BCUT2D eigenvalue weighted by molar-refractivity contribution is 5.82. The number of hydrogen-bond donors (Lipinski definition) is 2. The van der Waals surface area contributed by atoms with Crippen LogP contribution < -0.4 is 10.5 Å². The van der Waals surface area contributed by atoms with Crippen LogP contribution in [0.4, 0.5) is 0 Å². The molecule has 3 aromatic rings. The van der Waals surface area contributed by atoms with Crippen molar-refractivity contribution in [2.75, 3.05) is 32.9 Å². The number of quaternary nitrogens is 1. The number of aromatic nitrogens is 5. The summed E-state index contributed by atoms with van der Waals surface area (Å²) in [7, 11) is 0. The number of ether oxygens (including phenoxy) is 2. The van der Waals surface area contributed by atoms with Crippen LogP contribution in [-0.4, -0.2) is 64.2 Å². The van der Waals surface area contributed by atoms with E-state index in [9.17, 15) is 4.79 Å². The number of fused-ring (bicyclic) bond motifs is 1. The van der Waals surface area contributed by atoms with Crippen molar-refractivity contribution in [3.05, 3.63) is 51.6 Å². The van der Waals surface area contributed by atoms with E-state index in [4.69, 9.17) is 9.47 Å². The average molecular weight is 411 g/mol. The van der Waals surface area contributed by atoms with Crippen LogP contribution in [0.25, 0.3) is 10.9 Å². The van der Waals surface area contributed by atoms with Crippen LogP contribution >= 0.6 is 0 Å². The van der Waals surface area contributed by atoms with Crippen LogP contribution in [0.5, 0.6) is 0 Å². The first-order valence-electron chi connectivity index (χ1n) is 10.6. The molecule has 5 rings (SSSR count). The fraction of sp³-hybridized carbons (Fsp3) is 0.524. The molecule has 0 spiro atoms. The number of benzene rings is 1. The first-order chi connectivity index (χ1) is 14.7. The van der Waals surface area contributed by atoms with Crippen molar-refractivity contribution in [2.24, 2.45) is 0 Å². The van der Waals surface area contributed by atoms with Gasteiger partial charge in [-0.3, -0.25) is 4.79 Å². The van der Waals surface area contributed by atoms with E-state index in [-0.39, 0.29) is 17.7 Å². The molecule has 0 amide bonds. The second-order valence-electron chi connectivity index (χ2n) is 8.15. The third kappa shape index (κ3) is 3.64. The number of rotatable bonds is 5. The minimum absolute atomic E-state index is 0.0903. The fourth-order valence-corrected chi connectivity index (χ4v) is 4.61. The van der Waals surface area contributed by atoms with Gasteiger partial charge >= 0.3 is 0 Å². The van der Waals surface area contributed by atoms with Gasteiger partial charge in [-0.2, -0.15) is 0 Å². The molecule has 9 nitrogen and oxygen atoms in total. The number of aryl methyl sites for hydroxylation is 1. The normalized spacial score (nSPS) is 21.3. The van der Waals surface area contributed by atoms with E-state index in [1.807, 2.05) is 35.9 Å². The van der Waals surface area contributed by atoms with Gasteiger partial charge in [0.25, 0.3) is 5.56 Å². The molecule has 2 fully saturated rings. The summed E-state index contributed by atoms with van der Waals surface area (Å²) in [4.78, 5) is 17.6. The Bertz CT molecular complexity index is 1080. The van der Waals surface area contributed by atoms with Crippen LogP contribution in [0, 0.1) is 6.92 Å². The van der Waals surface area contributed by atoms with Crippen molar-refractivity contribution in [1.29, 1.82) is 0 Å². The molecule has 2 atom stereocenters. The molecule has 0 aliphatic carbocycles. The molecule has 158 valence electrons.